The topological polar surface area (TPSA) is 84.0 Å². The fourth-order valence-electron chi connectivity index (χ4n) is 1.58. The quantitative estimate of drug-likeness (QED) is 0.847. The summed E-state index contributed by atoms with van der Waals surface area (Å²) >= 11 is 5.82. The fourth-order valence-corrected chi connectivity index (χ4v) is 3.16. The van der Waals surface area contributed by atoms with Crippen LogP contribution in [0, 0.1) is 16.7 Å². The molecule has 0 saturated carbocycles. The first kappa shape index (κ1) is 15.8. The lowest BCUT2D eigenvalue weighted by Gasteiger charge is -2.14. The van der Waals surface area contributed by atoms with Gasteiger partial charge in [-0.1, -0.05) is 11.6 Å². The molecule has 0 fully saturated rings. The number of nitriles is 1. The number of hydrogen-bond acceptors (Lipinski definition) is 4. The molecule has 2 N–H and O–H groups in total. The number of hydrogen-bond donors (Lipinski definition) is 1. The highest BCUT2D eigenvalue weighted by Crippen LogP contribution is 2.25. The molecule has 0 aliphatic heterocycles. The number of anilines is 1. The summed E-state index contributed by atoms with van der Waals surface area (Å²) in [5.41, 5.74) is 5.39. The molecule has 0 spiro atoms. The van der Waals surface area contributed by atoms with Gasteiger partial charge in [-0.3, -0.25) is 0 Å². The average Bonchev–Trinajstić information content (AvgIpc) is 2.32. The molecule has 0 saturated heterocycles. The Bertz CT molecular complexity index is 604. The molecule has 104 valence electrons. The van der Waals surface area contributed by atoms with Gasteiger partial charge in [-0.05, 0) is 44.9 Å². The van der Waals surface area contributed by atoms with Crippen molar-refractivity contribution in [1.29, 1.82) is 5.26 Å². The van der Waals surface area contributed by atoms with Gasteiger partial charge in [0.15, 0.2) is 9.84 Å². The van der Waals surface area contributed by atoms with Crippen LogP contribution in [0.4, 0.5) is 5.69 Å². The lowest BCUT2D eigenvalue weighted by Crippen LogP contribution is -2.12. The van der Waals surface area contributed by atoms with Gasteiger partial charge in [0, 0.05) is 0 Å². The number of nitrogens with two attached hydrogens (primary N) is 1. The van der Waals surface area contributed by atoms with Crippen molar-refractivity contribution in [3.8, 4) is 6.07 Å². The monoisotopic (exact) mass is 300 g/mol. The zero-order valence-corrected chi connectivity index (χ0v) is 12.6. The molecule has 6 heteroatoms. The van der Waals surface area contributed by atoms with Gasteiger partial charge in [-0.2, -0.15) is 5.26 Å². The van der Waals surface area contributed by atoms with Crippen LogP contribution in [0.25, 0.3) is 0 Å². The molecule has 0 aliphatic carbocycles. The van der Waals surface area contributed by atoms with Gasteiger partial charge < -0.3 is 5.73 Å². The van der Waals surface area contributed by atoms with Crippen LogP contribution >= 0.6 is 11.6 Å². The van der Waals surface area contributed by atoms with Crippen LogP contribution in [0.1, 0.15) is 26.7 Å². The molecule has 19 heavy (non-hydrogen) atoms. The van der Waals surface area contributed by atoms with E-state index >= 15 is 0 Å². The van der Waals surface area contributed by atoms with Crippen LogP contribution in [-0.4, -0.2) is 14.2 Å². The average molecular weight is 301 g/mol. The Hall–Kier alpha value is -1.25. The van der Waals surface area contributed by atoms with Crippen molar-refractivity contribution in [2.45, 2.75) is 31.6 Å². The number of sulfone groups is 1. The summed E-state index contributed by atoms with van der Waals surface area (Å²) in [6, 6.07) is 6.45. The third kappa shape index (κ3) is 4.41. The number of benzene rings is 1. The third-order valence-corrected chi connectivity index (χ3v) is 4.97. The predicted molar refractivity (Wildman–Crippen MR) is 76.5 cm³/mol. The largest absolute Gasteiger partial charge is 0.398 e. The summed E-state index contributed by atoms with van der Waals surface area (Å²) in [4.78, 5) is 0.168. The Labute approximate surface area is 119 Å². The van der Waals surface area contributed by atoms with Crippen molar-refractivity contribution in [3.05, 3.63) is 23.2 Å². The van der Waals surface area contributed by atoms with E-state index in [0.29, 0.717) is 18.5 Å². The Balaban J connectivity index is 2.77. The summed E-state index contributed by atoms with van der Waals surface area (Å²) < 4.78 is 24.2. The molecule has 0 aliphatic rings. The highest BCUT2D eigenvalue weighted by atomic mass is 35.5. The summed E-state index contributed by atoms with van der Waals surface area (Å²) in [5.74, 6) is -0.00163. The zero-order chi connectivity index (χ0) is 14.7. The SMILES string of the molecule is CC(C)(C#N)CCCS(=O)(=O)c1ccc(N)c(Cl)c1. The second-order valence-electron chi connectivity index (χ2n) is 5.10. The normalized spacial score (nSPS) is 12.1. The molecule has 1 aromatic carbocycles. The number of rotatable bonds is 5. The Morgan fingerprint density at radius 3 is 2.58 bits per heavy atom. The number of nitrogen functional groups attached to an aromatic ring is 1. The second-order valence-corrected chi connectivity index (χ2v) is 7.62. The number of halogens is 1. The van der Waals surface area contributed by atoms with E-state index in [9.17, 15) is 8.42 Å². The maximum absolute atomic E-state index is 12.1. The van der Waals surface area contributed by atoms with Gasteiger partial charge in [0.1, 0.15) is 0 Å². The van der Waals surface area contributed by atoms with Crippen LogP contribution in [0.2, 0.25) is 5.02 Å². The highest BCUT2D eigenvalue weighted by molar-refractivity contribution is 7.91. The summed E-state index contributed by atoms with van der Waals surface area (Å²) in [7, 11) is -3.38. The molecular weight excluding hydrogens is 284 g/mol. The molecular formula is C13H17ClN2O2S. The summed E-state index contributed by atoms with van der Waals surface area (Å²) in [6.45, 7) is 3.58. The standard InChI is InChI=1S/C13H17ClN2O2S/c1-13(2,9-15)6-3-7-19(17,18)10-4-5-12(16)11(14)8-10/h4-5,8H,3,6-7,16H2,1-2H3. The van der Waals surface area contributed by atoms with Crippen molar-refractivity contribution in [2.75, 3.05) is 11.5 Å². The van der Waals surface area contributed by atoms with Crippen molar-refractivity contribution in [1.82, 2.24) is 0 Å². The van der Waals surface area contributed by atoms with E-state index in [4.69, 9.17) is 22.6 Å². The Morgan fingerprint density at radius 1 is 1.42 bits per heavy atom. The van der Waals surface area contributed by atoms with Crippen molar-refractivity contribution < 1.29 is 8.42 Å². The smallest absolute Gasteiger partial charge is 0.178 e. The van der Waals surface area contributed by atoms with Crippen LogP contribution in [0.5, 0.6) is 0 Å². The molecule has 1 aromatic rings. The van der Waals surface area contributed by atoms with Crippen LogP contribution in [-0.2, 0) is 9.84 Å². The van der Waals surface area contributed by atoms with Gasteiger partial charge in [-0.15, -0.1) is 0 Å². The van der Waals surface area contributed by atoms with E-state index in [1.807, 2.05) is 0 Å². The molecule has 1 rings (SSSR count). The van der Waals surface area contributed by atoms with Crippen molar-refractivity contribution in [2.24, 2.45) is 5.41 Å². The van der Waals surface area contributed by atoms with E-state index in [2.05, 4.69) is 6.07 Å². The first-order valence-corrected chi connectivity index (χ1v) is 7.90. The highest BCUT2D eigenvalue weighted by Gasteiger charge is 2.20. The molecule has 4 nitrogen and oxygen atoms in total. The van der Waals surface area contributed by atoms with Gasteiger partial charge in [-0.25, -0.2) is 8.42 Å². The molecule has 0 aromatic heterocycles. The van der Waals surface area contributed by atoms with Gasteiger partial charge in [0.05, 0.1) is 32.8 Å². The summed E-state index contributed by atoms with van der Waals surface area (Å²) in [5, 5.41) is 9.11. The molecule has 0 atom stereocenters. The van der Waals surface area contributed by atoms with Crippen molar-refractivity contribution >= 4 is 27.1 Å². The first-order chi connectivity index (χ1) is 8.68. The third-order valence-electron chi connectivity index (χ3n) is 2.85. The van der Waals surface area contributed by atoms with Crippen LogP contribution in [0.3, 0.4) is 0 Å². The van der Waals surface area contributed by atoms with Crippen molar-refractivity contribution in [3.63, 3.8) is 0 Å². The van der Waals surface area contributed by atoms with E-state index < -0.39 is 15.3 Å². The summed E-state index contributed by atoms with van der Waals surface area (Å²) in [6.07, 6.45) is 0.969. The second kappa shape index (κ2) is 5.81. The first-order valence-electron chi connectivity index (χ1n) is 5.87. The fraction of sp³-hybridized carbons (Fsp3) is 0.462. The minimum Gasteiger partial charge on any atom is -0.398 e. The zero-order valence-electron chi connectivity index (χ0n) is 11.0. The maximum atomic E-state index is 12.1. The van der Waals surface area contributed by atoms with Crippen LogP contribution < -0.4 is 5.73 Å². The van der Waals surface area contributed by atoms with Crippen LogP contribution in [0.15, 0.2) is 23.1 Å². The molecule has 0 bridgehead atoms. The van der Waals surface area contributed by atoms with Gasteiger partial charge in [0.25, 0.3) is 0 Å². The van der Waals surface area contributed by atoms with E-state index in [1.165, 1.54) is 18.2 Å². The minimum absolute atomic E-state index is 0.00163. The lowest BCUT2D eigenvalue weighted by molar-refractivity contribution is 0.445. The molecule has 0 radical (unpaired) electrons. The number of nitrogens with zero attached hydrogens (tertiary/aromatic N) is 1. The lowest BCUT2D eigenvalue weighted by atomic mass is 9.90. The molecule has 0 amide bonds. The minimum atomic E-state index is -3.38. The molecule has 0 unspecified atom stereocenters. The van der Waals surface area contributed by atoms with Gasteiger partial charge >= 0.3 is 0 Å². The van der Waals surface area contributed by atoms with E-state index in [0.717, 1.165) is 0 Å². The Morgan fingerprint density at radius 2 is 2.05 bits per heavy atom. The maximum Gasteiger partial charge on any atom is 0.178 e. The van der Waals surface area contributed by atoms with E-state index in [1.54, 1.807) is 13.8 Å². The Kier molecular flexibility index (Phi) is 4.83. The predicted octanol–water partition coefficient (Wildman–Crippen LogP) is 3.03. The molecule has 0 heterocycles. The van der Waals surface area contributed by atoms with Gasteiger partial charge in [0.2, 0.25) is 0 Å². The van der Waals surface area contributed by atoms with E-state index in [-0.39, 0.29) is 15.7 Å².